The molecule has 0 aliphatic carbocycles. The standard InChI is InChI=1S/C14H16N2O2S/c17-13(18)5-7-16-9-11(14-15-6-8-19-14)10-3-1-2-4-12(10)16/h1-4,9,14-15H,5-8H2,(H,17,18). The molecule has 0 saturated carbocycles. The lowest BCUT2D eigenvalue weighted by Crippen LogP contribution is -2.11. The highest BCUT2D eigenvalue weighted by Crippen LogP contribution is 2.35. The number of fused-ring (bicyclic) bond motifs is 1. The molecule has 1 saturated heterocycles. The van der Waals surface area contributed by atoms with Gasteiger partial charge in [0.15, 0.2) is 0 Å². The van der Waals surface area contributed by atoms with Crippen molar-refractivity contribution in [1.29, 1.82) is 0 Å². The molecule has 1 atom stereocenters. The van der Waals surface area contributed by atoms with Crippen LogP contribution < -0.4 is 5.32 Å². The second-order valence-corrected chi connectivity index (χ2v) is 5.86. The molecule has 1 unspecified atom stereocenters. The summed E-state index contributed by atoms with van der Waals surface area (Å²) in [7, 11) is 0. The van der Waals surface area contributed by atoms with Crippen LogP contribution >= 0.6 is 11.8 Å². The second kappa shape index (κ2) is 5.27. The largest absolute Gasteiger partial charge is 0.481 e. The summed E-state index contributed by atoms with van der Waals surface area (Å²) in [5.41, 5.74) is 2.39. The third-order valence-electron chi connectivity index (χ3n) is 3.38. The van der Waals surface area contributed by atoms with E-state index in [4.69, 9.17) is 5.11 Å². The highest BCUT2D eigenvalue weighted by atomic mass is 32.2. The van der Waals surface area contributed by atoms with Crippen LogP contribution in [0.3, 0.4) is 0 Å². The maximum atomic E-state index is 10.7. The summed E-state index contributed by atoms with van der Waals surface area (Å²) in [4.78, 5) is 10.7. The van der Waals surface area contributed by atoms with Crippen molar-refractivity contribution in [3.8, 4) is 0 Å². The van der Waals surface area contributed by atoms with Crippen molar-refractivity contribution >= 4 is 28.6 Å². The Kier molecular flexibility index (Phi) is 3.48. The van der Waals surface area contributed by atoms with Gasteiger partial charge in [0.25, 0.3) is 0 Å². The molecule has 1 aliphatic rings. The fourth-order valence-electron chi connectivity index (χ4n) is 2.51. The number of para-hydroxylation sites is 1. The smallest absolute Gasteiger partial charge is 0.305 e. The fraction of sp³-hybridized carbons (Fsp3) is 0.357. The molecular weight excluding hydrogens is 260 g/mol. The molecule has 3 rings (SSSR count). The highest BCUT2D eigenvalue weighted by Gasteiger charge is 2.21. The second-order valence-electron chi connectivity index (χ2n) is 4.64. The van der Waals surface area contributed by atoms with E-state index in [0.29, 0.717) is 11.9 Å². The summed E-state index contributed by atoms with van der Waals surface area (Å²) in [5.74, 6) is 0.368. The van der Waals surface area contributed by atoms with E-state index in [0.717, 1.165) is 17.8 Å². The van der Waals surface area contributed by atoms with E-state index in [-0.39, 0.29) is 6.42 Å². The molecule has 1 fully saturated rings. The van der Waals surface area contributed by atoms with E-state index < -0.39 is 5.97 Å². The van der Waals surface area contributed by atoms with E-state index in [1.54, 1.807) is 0 Å². The number of carbonyl (C=O) groups is 1. The molecule has 0 radical (unpaired) electrons. The van der Waals surface area contributed by atoms with E-state index >= 15 is 0 Å². The number of aryl methyl sites for hydroxylation is 1. The van der Waals surface area contributed by atoms with Crippen LogP contribution in [0.5, 0.6) is 0 Å². The molecule has 1 aromatic carbocycles. The minimum Gasteiger partial charge on any atom is -0.481 e. The summed E-state index contributed by atoms with van der Waals surface area (Å²) >= 11 is 1.91. The zero-order valence-electron chi connectivity index (χ0n) is 10.5. The molecule has 4 nitrogen and oxygen atoms in total. The van der Waals surface area contributed by atoms with Gasteiger partial charge in [0.2, 0.25) is 0 Å². The normalized spacial score (nSPS) is 19.1. The van der Waals surface area contributed by atoms with Gasteiger partial charge >= 0.3 is 5.97 Å². The van der Waals surface area contributed by atoms with E-state index in [2.05, 4.69) is 28.2 Å². The van der Waals surface area contributed by atoms with Crippen LogP contribution in [-0.2, 0) is 11.3 Å². The molecule has 1 aliphatic heterocycles. The maximum absolute atomic E-state index is 10.7. The number of carboxylic acids is 1. The van der Waals surface area contributed by atoms with E-state index in [9.17, 15) is 4.79 Å². The Morgan fingerprint density at radius 2 is 2.32 bits per heavy atom. The third-order valence-corrected chi connectivity index (χ3v) is 4.58. The first kappa shape index (κ1) is 12.6. The monoisotopic (exact) mass is 276 g/mol. The number of rotatable bonds is 4. The molecule has 0 bridgehead atoms. The molecule has 0 amide bonds. The summed E-state index contributed by atoms with van der Waals surface area (Å²) < 4.78 is 2.05. The lowest BCUT2D eigenvalue weighted by molar-refractivity contribution is -0.137. The Morgan fingerprint density at radius 1 is 1.47 bits per heavy atom. The Labute approximate surface area is 115 Å². The van der Waals surface area contributed by atoms with Gasteiger partial charge in [-0.25, -0.2) is 0 Å². The van der Waals surface area contributed by atoms with Gasteiger partial charge in [0.1, 0.15) is 0 Å². The molecule has 2 heterocycles. The molecule has 2 N–H and O–H groups in total. The number of aromatic nitrogens is 1. The molecular formula is C14H16N2O2S. The van der Waals surface area contributed by atoms with Crippen LogP contribution in [0.1, 0.15) is 17.4 Å². The van der Waals surface area contributed by atoms with Crippen molar-refractivity contribution in [3.05, 3.63) is 36.0 Å². The predicted octanol–water partition coefficient (Wildman–Crippen LogP) is 2.45. The van der Waals surface area contributed by atoms with Crippen molar-refractivity contribution in [2.45, 2.75) is 18.3 Å². The first-order valence-electron chi connectivity index (χ1n) is 6.40. The Morgan fingerprint density at radius 3 is 3.05 bits per heavy atom. The topological polar surface area (TPSA) is 54.3 Å². The van der Waals surface area contributed by atoms with Crippen molar-refractivity contribution in [2.75, 3.05) is 12.3 Å². The number of hydrogen-bond acceptors (Lipinski definition) is 3. The zero-order valence-corrected chi connectivity index (χ0v) is 11.3. The minimum atomic E-state index is -0.757. The molecule has 0 spiro atoms. The van der Waals surface area contributed by atoms with Crippen LogP contribution in [0.25, 0.3) is 10.9 Å². The Balaban J connectivity index is 2.00. The van der Waals surface area contributed by atoms with Crippen molar-refractivity contribution in [1.82, 2.24) is 9.88 Å². The van der Waals surface area contributed by atoms with Gasteiger partial charge in [-0.3, -0.25) is 4.79 Å². The molecule has 1 aromatic heterocycles. The number of nitrogens with zero attached hydrogens (tertiary/aromatic N) is 1. The van der Waals surface area contributed by atoms with Gasteiger partial charge in [0.05, 0.1) is 11.8 Å². The zero-order chi connectivity index (χ0) is 13.2. The summed E-state index contributed by atoms with van der Waals surface area (Å²) in [6, 6.07) is 8.20. The quantitative estimate of drug-likeness (QED) is 0.900. The van der Waals surface area contributed by atoms with Crippen LogP contribution in [0, 0.1) is 0 Å². The average molecular weight is 276 g/mol. The molecule has 100 valence electrons. The third kappa shape index (κ3) is 2.48. The van der Waals surface area contributed by atoms with Gasteiger partial charge in [-0.05, 0) is 6.07 Å². The predicted molar refractivity (Wildman–Crippen MR) is 77.4 cm³/mol. The van der Waals surface area contributed by atoms with Gasteiger partial charge < -0.3 is 15.0 Å². The van der Waals surface area contributed by atoms with Crippen molar-refractivity contribution in [3.63, 3.8) is 0 Å². The fourth-order valence-corrected chi connectivity index (χ4v) is 3.59. The number of carboxylic acid groups (broad SMARTS) is 1. The SMILES string of the molecule is O=C(O)CCn1cc(C2NCCS2)c2ccccc21. The van der Waals surface area contributed by atoms with Gasteiger partial charge in [-0.15, -0.1) is 11.8 Å². The van der Waals surface area contributed by atoms with Crippen LogP contribution in [0.4, 0.5) is 0 Å². The molecule has 2 aromatic rings. The summed E-state index contributed by atoms with van der Waals surface area (Å²) in [6.07, 6.45) is 2.26. The van der Waals surface area contributed by atoms with Crippen LogP contribution in [0.2, 0.25) is 0 Å². The number of benzene rings is 1. The highest BCUT2D eigenvalue weighted by molar-refractivity contribution is 7.99. The number of hydrogen-bond donors (Lipinski definition) is 2. The maximum Gasteiger partial charge on any atom is 0.305 e. The van der Waals surface area contributed by atoms with Crippen LogP contribution in [-0.4, -0.2) is 27.9 Å². The van der Waals surface area contributed by atoms with Crippen molar-refractivity contribution in [2.24, 2.45) is 0 Å². The van der Waals surface area contributed by atoms with E-state index in [1.807, 2.05) is 23.9 Å². The molecule has 19 heavy (non-hydrogen) atoms. The Hall–Kier alpha value is -1.46. The average Bonchev–Trinajstić information content (AvgIpc) is 3.03. The van der Waals surface area contributed by atoms with Crippen molar-refractivity contribution < 1.29 is 9.90 Å². The first-order valence-corrected chi connectivity index (χ1v) is 7.45. The summed E-state index contributed by atoms with van der Waals surface area (Å²) in [5, 5.41) is 13.9. The van der Waals surface area contributed by atoms with Gasteiger partial charge in [-0.2, -0.15) is 0 Å². The lowest BCUT2D eigenvalue weighted by atomic mass is 10.2. The number of thioether (sulfide) groups is 1. The number of nitrogens with one attached hydrogen (secondary N) is 1. The molecule has 5 heteroatoms. The first-order chi connectivity index (χ1) is 9.25. The van der Waals surface area contributed by atoms with Crippen LogP contribution in [0.15, 0.2) is 30.5 Å². The lowest BCUT2D eigenvalue weighted by Gasteiger charge is -2.07. The van der Waals surface area contributed by atoms with Gasteiger partial charge in [0, 0.05) is 41.5 Å². The minimum absolute atomic E-state index is 0.156. The van der Waals surface area contributed by atoms with Gasteiger partial charge in [-0.1, -0.05) is 18.2 Å². The number of aliphatic carboxylic acids is 1. The Bertz CT molecular complexity index is 603. The van der Waals surface area contributed by atoms with E-state index in [1.165, 1.54) is 10.9 Å². The summed E-state index contributed by atoms with van der Waals surface area (Å²) in [6.45, 7) is 1.55.